The molecule has 0 saturated heterocycles. The standard InChI is InChI=1S/C28H26N2O3S3/c1-2-33-27(32)24-21-10-6-7-11-23(21)36-26(24)30-25(31)20-14-12-18(13-15-20)16-34-28-29-22(17-35-28)19-8-4-3-5-9-19/h3-5,8-9,12-15,17H,2,6-7,10-11,16H2,1H3,(H,30,31). The molecule has 1 N–H and O–H groups in total. The third-order valence-electron chi connectivity index (χ3n) is 6.01. The molecule has 2 aromatic heterocycles. The van der Waals surface area contributed by atoms with Gasteiger partial charge in [-0.2, -0.15) is 0 Å². The van der Waals surface area contributed by atoms with Crippen molar-refractivity contribution in [1.29, 1.82) is 0 Å². The number of aryl methyl sites for hydroxylation is 1. The van der Waals surface area contributed by atoms with Crippen molar-refractivity contribution < 1.29 is 14.3 Å². The number of thiophene rings is 1. The number of carbonyl (C=O) groups is 2. The fourth-order valence-corrected chi connectivity index (χ4v) is 7.27. The Morgan fingerprint density at radius 1 is 1.06 bits per heavy atom. The van der Waals surface area contributed by atoms with E-state index in [4.69, 9.17) is 9.72 Å². The fourth-order valence-electron chi connectivity index (χ4n) is 4.21. The average Bonchev–Trinajstić information content (AvgIpc) is 3.53. The van der Waals surface area contributed by atoms with E-state index in [1.165, 1.54) is 16.2 Å². The zero-order chi connectivity index (χ0) is 24.9. The van der Waals surface area contributed by atoms with Crippen LogP contribution >= 0.6 is 34.4 Å². The number of aromatic nitrogens is 1. The number of esters is 1. The molecule has 1 amide bonds. The van der Waals surface area contributed by atoms with E-state index in [-0.39, 0.29) is 11.9 Å². The first-order chi connectivity index (χ1) is 17.6. The molecule has 184 valence electrons. The van der Waals surface area contributed by atoms with Crippen LogP contribution in [0.5, 0.6) is 0 Å². The van der Waals surface area contributed by atoms with Crippen LogP contribution in [0.2, 0.25) is 0 Å². The van der Waals surface area contributed by atoms with Crippen LogP contribution in [-0.2, 0) is 23.3 Å². The number of carbonyl (C=O) groups excluding carboxylic acids is 2. The van der Waals surface area contributed by atoms with Gasteiger partial charge in [-0.05, 0) is 55.9 Å². The maximum absolute atomic E-state index is 13.0. The molecule has 8 heteroatoms. The molecule has 0 atom stereocenters. The van der Waals surface area contributed by atoms with Crippen molar-refractivity contribution in [3.05, 3.63) is 87.1 Å². The highest BCUT2D eigenvalue weighted by molar-refractivity contribution is 8.00. The molecule has 5 rings (SSSR count). The van der Waals surface area contributed by atoms with E-state index < -0.39 is 0 Å². The van der Waals surface area contributed by atoms with E-state index in [0.29, 0.717) is 22.7 Å². The molecule has 5 nitrogen and oxygen atoms in total. The highest BCUT2D eigenvalue weighted by Gasteiger charge is 2.27. The Kier molecular flexibility index (Phi) is 7.84. The molecule has 0 saturated carbocycles. The molecule has 4 aromatic rings. The summed E-state index contributed by atoms with van der Waals surface area (Å²) in [6.45, 7) is 2.11. The summed E-state index contributed by atoms with van der Waals surface area (Å²) < 4.78 is 6.31. The number of rotatable bonds is 8. The average molecular weight is 535 g/mol. The smallest absolute Gasteiger partial charge is 0.341 e. The van der Waals surface area contributed by atoms with E-state index in [2.05, 4.69) is 22.8 Å². The lowest BCUT2D eigenvalue weighted by Crippen LogP contribution is -2.15. The molecular weight excluding hydrogens is 509 g/mol. The minimum atomic E-state index is -0.350. The van der Waals surface area contributed by atoms with Gasteiger partial charge in [-0.3, -0.25) is 4.79 Å². The van der Waals surface area contributed by atoms with Crippen LogP contribution in [0.3, 0.4) is 0 Å². The molecule has 2 aromatic carbocycles. The molecule has 1 aliphatic rings. The highest BCUT2D eigenvalue weighted by Crippen LogP contribution is 2.39. The normalized spacial score (nSPS) is 12.7. The lowest BCUT2D eigenvalue weighted by Gasteiger charge is -2.12. The molecule has 1 aliphatic carbocycles. The first kappa shape index (κ1) is 24.7. The van der Waals surface area contributed by atoms with Crippen molar-refractivity contribution in [3.63, 3.8) is 0 Å². The van der Waals surface area contributed by atoms with Crippen molar-refractivity contribution in [2.24, 2.45) is 0 Å². The maximum atomic E-state index is 13.0. The Morgan fingerprint density at radius 2 is 1.83 bits per heavy atom. The Balaban J connectivity index is 1.24. The van der Waals surface area contributed by atoms with Crippen LogP contribution in [0.1, 0.15) is 56.5 Å². The molecular formula is C28H26N2O3S3. The predicted molar refractivity (Wildman–Crippen MR) is 148 cm³/mol. The van der Waals surface area contributed by atoms with Gasteiger partial charge in [-0.25, -0.2) is 9.78 Å². The molecule has 0 unspecified atom stereocenters. The second kappa shape index (κ2) is 11.4. The number of hydrogen-bond acceptors (Lipinski definition) is 7. The number of nitrogens with one attached hydrogen (secondary N) is 1. The SMILES string of the molecule is CCOC(=O)c1c(NC(=O)c2ccc(CSc3nc(-c4ccccc4)cs3)cc2)sc2c1CCCC2. The van der Waals surface area contributed by atoms with Gasteiger partial charge in [0.1, 0.15) is 5.00 Å². The summed E-state index contributed by atoms with van der Waals surface area (Å²) in [6.07, 6.45) is 3.96. The highest BCUT2D eigenvalue weighted by atomic mass is 32.2. The number of ether oxygens (including phenoxy) is 1. The molecule has 2 heterocycles. The van der Waals surface area contributed by atoms with Crippen molar-refractivity contribution >= 4 is 51.3 Å². The number of hydrogen-bond donors (Lipinski definition) is 1. The quantitative estimate of drug-likeness (QED) is 0.188. The van der Waals surface area contributed by atoms with Crippen LogP contribution in [0.4, 0.5) is 5.00 Å². The summed E-state index contributed by atoms with van der Waals surface area (Å²) in [6, 6.07) is 17.8. The first-order valence-electron chi connectivity index (χ1n) is 12.0. The van der Waals surface area contributed by atoms with Gasteiger partial charge in [0.15, 0.2) is 4.34 Å². The van der Waals surface area contributed by atoms with Gasteiger partial charge in [0.2, 0.25) is 0 Å². The van der Waals surface area contributed by atoms with Crippen molar-refractivity contribution in [2.75, 3.05) is 11.9 Å². The number of thiazole rings is 1. The van der Waals surface area contributed by atoms with E-state index in [1.54, 1.807) is 30.0 Å². The van der Waals surface area contributed by atoms with Crippen LogP contribution < -0.4 is 5.32 Å². The minimum absolute atomic E-state index is 0.217. The Hall–Kier alpha value is -2.94. The van der Waals surface area contributed by atoms with Crippen molar-refractivity contribution in [3.8, 4) is 11.3 Å². The van der Waals surface area contributed by atoms with Gasteiger partial charge in [0, 0.05) is 27.1 Å². The summed E-state index contributed by atoms with van der Waals surface area (Å²) in [5, 5.41) is 5.67. The summed E-state index contributed by atoms with van der Waals surface area (Å²) in [4.78, 5) is 31.6. The number of anilines is 1. The second-order valence-corrected chi connectivity index (χ2v) is 11.6. The van der Waals surface area contributed by atoms with Gasteiger partial charge in [0.05, 0.1) is 17.9 Å². The monoisotopic (exact) mass is 534 g/mol. The largest absolute Gasteiger partial charge is 0.462 e. The number of fused-ring (bicyclic) bond motifs is 1. The maximum Gasteiger partial charge on any atom is 0.341 e. The van der Waals surface area contributed by atoms with Gasteiger partial charge in [-0.15, -0.1) is 22.7 Å². The molecule has 0 fully saturated rings. The Labute approximate surface area is 222 Å². The third-order valence-corrected chi connectivity index (χ3v) is 9.31. The Morgan fingerprint density at radius 3 is 2.61 bits per heavy atom. The van der Waals surface area contributed by atoms with Gasteiger partial charge < -0.3 is 10.1 Å². The second-order valence-electron chi connectivity index (χ2n) is 8.44. The van der Waals surface area contributed by atoms with Crippen molar-refractivity contribution in [2.45, 2.75) is 42.7 Å². The minimum Gasteiger partial charge on any atom is -0.462 e. The summed E-state index contributed by atoms with van der Waals surface area (Å²) in [5.41, 5.74) is 5.37. The lowest BCUT2D eigenvalue weighted by molar-refractivity contribution is 0.0526. The number of nitrogens with zero attached hydrogens (tertiary/aromatic N) is 1. The molecule has 0 spiro atoms. The van der Waals surface area contributed by atoms with E-state index in [1.807, 2.05) is 42.5 Å². The first-order valence-corrected chi connectivity index (χ1v) is 14.7. The number of amides is 1. The molecule has 0 aliphatic heterocycles. The number of benzene rings is 2. The van der Waals surface area contributed by atoms with E-state index >= 15 is 0 Å². The van der Waals surface area contributed by atoms with Crippen LogP contribution in [-0.4, -0.2) is 23.5 Å². The molecule has 36 heavy (non-hydrogen) atoms. The van der Waals surface area contributed by atoms with Crippen molar-refractivity contribution in [1.82, 2.24) is 4.98 Å². The Bertz CT molecular complexity index is 1360. The molecule has 0 radical (unpaired) electrons. The fraction of sp³-hybridized carbons (Fsp3) is 0.250. The third kappa shape index (κ3) is 5.56. The van der Waals surface area contributed by atoms with Crippen LogP contribution in [0.15, 0.2) is 64.3 Å². The lowest BCUT2D eigenvalue weighted by atomic mass is 9.95. The summed E-state index contributed by atoms with van der Waals surface area (Å²) >= 11 is 4.84. The van der Waals surface area contributed by atoms with E-state index in [0.717, 1.165) is 58.2 Å². The summed E-state index contributed by atoms with van der Waals surface area (Å²) in [5.74, 6) is 0.205. The number of thioether (sulfide) groups is 1. The zero-order valence-corrected chi connectivity index (χ0v) is 22.4. The zero-order valence-electron chi connectivity index (χ0n) is 19.9. The predicted octanol–water partition coefficient (Wildman–Crippen LogP) is 7.47. The topological polar surface area (TPSA) is 68.3 Å². The molecule has 0 bridgehead atoms. The van der Waals surface area contributed by atoms with E-state index in [9.17, 15) is 9.59 Å². The van der Waals surface area contributed by atoms with Crippen LogP contribution in [0, 0.1) is 0 Å². The summed E-state index contributed by atoms with van der Waals surface area (Å²) in [7, 11) is 0. The van der Waals surface area contributed by atoms with Gasteiger partial charge in [-0.1, -0.05) is 54.2 Å². The van der Waals surface area contributed by atoms with Gasteiger partial charge >= 0.3 is 5.97 Å². The van der Waals surface area contributed by atoms with Gasteiger partial charge in [0.25, 0.3) is 5.91 Å². The van der Waals surface area contributed by atoms with Crippen LogP contribution in [0.25, 0.3) is 11.3 Å².